The summed E-state index contributed by atoms with van der Waals surface area (Å²) in [7, 11) is 0. The quantitative estimate of drug-likeness (QED) is 0.782. The highest BCUT2D eigenvalue weighted by Gasteiger charge is 2.17. The van der Waals surface area contributed by atoms with Crippen LogP contribution >= 0.6 is 0 Å². The predicted octanol–water partition coefficient (Wildman–Crippen LogP) is 3.07. The summed E-state index contributed by atoms with van der Waals surface area (Å²) in [6, 6.07) is 13.8. The van der Waals surface area contributed by atoms with Crippen molar-refractivity contribution in [3.63, 3.8) is 0 Å². The van der Waals surface area contributed by atoms with Crippen molar-refractivity contribution in [2.45, 2.75) is 25.8 Å². The molecule has 0 bridgehead atoms. The molecule has 2 aromatic heterocycles. The number of benzene rings is 1. The average molecular weight is 294 g/mol. The van der Waals surface area contributed by atoms with Crippen LogP contribution in [0.15, 0.2) is 53.2 Å². The van der Waals surface area contributed by atoms with E-state index >= 15 is 0 Å². The van der Waals surface area contributed by atoms with Crippen LogP contribution < -0.4 is 5.73 Å². The highest BCUT2D eigenvalue weighted by molar-refractivity contribution is 5.53. The van der Waals surface area contributed by atoms with Crippen LogP contribution in [0.3, 0.4) is 0 Å². The Morgan fingerprint density at radius 2 is 1.95 bits per heavy atom. The van der Waals surface area contributed by atoms with Crippen molar-refractivity contribution >= 4 is 0 Å². The van der Waals surface area contributed by atoms with E-state index in [1.807, 2.05) is 37.3 Å². The molecule has 0 spiro atoms. The van der Waals surface area contributed by atoms with Crippen molar-refractivity contribution < 1.29 is 4.52 Å². The zero-order chi connectivity index (χ0) is 15.4. The molecule has 0 fully saturated rings. The SMILES string of the molecule is Cc1cccnc1-c1noc([C@H](N)CCc2ccccc2)n1. The van der Waals surface area contributed by atoms with E-state index in [1.54, 1.807) is 6.20 Å². The van der Waals surface area contributed by atoms with Crippen molar-refractivity contribution in [3.05, 3.63) is 65.7 Å². The molecule has 0 aliphatic carbocycles. The molecular weight excluding hydrogens is 276 g/mol. The smallest absolute Gasteiger partial charge is 0.243 e. The van der Waals surface area contributed by atoms with Crippen LogP contribution in [0.4, 0.5) is 0 Å². The standard InChI is InChI=1S/C17H18N4O/c1-12-6-5-11-19-15(12)16-20-17(22-21-16)14(18)10-9-13-7-3-2-4-8-13/h2-8,11,14H,9-10,18H2,1H3/t14-/m1/s1. The van der Waals surface area contributed by atoms with Crippen LogP contribution in [0.25, 0.3) is 11.5 Å². The molecule has 0 unspecified atom stereocenters. The Kier molecular flexibility index (Phi) is 4.25. The lowest BCUT2D eigenvalue weighted by Gasteiger charge is -2.06. The first-order chi connectivity index (χ1) is 10.7. The first kappa shape index (κ1) is 14.4. The van der Waals surface area contributed by atoms with Gasteiger partial charge in [0.15, 0.2) is 0 Å². The maximum atomic E-state index is 6.16. The topological polar surface area (TPSA) is 77.8 Å². The van der Waals surface area contributed by atoms with Gasteiger partial charge < -0.3 is 10.3 Å². The summed E-state index contributed by atoms with van der Waals surface area (Å²) in [5.41, 5.74) is 9.14. The molecule has 0 amide bonds. The highest BCUT2D eigenvalue weighted by atomic mass is 16.5. The number of hydrogen-bond donors (Lipinski definition) is 1. The molecule has 0 aliphatic rings. The van der Waals surface area contributed by atoms with Crippen LogP contribution in [0.5, 0.6) is 0 Å². The minimum Gasteiger partial charge on any atom is -0.337 e. The van der Waals surface area contributed by atoms with Crippen molar-refractivity contribution in [1.29, 1.82) is 0 Å². The van der Waals surface area contributed by atoms with E-state index < -0.39 is 0 Å². The fourth-order valence-corrected chi connectivity index (χ4v) is 2.29. The number of nitrogens with zero attached hydrogens (tertiary/aromatic N) is 3. The van der Waals surface area contributed by atoms with E-state index in [0.717, 1.165) is 24.1 Å². The van der Waals surface area contributed by atoms with E-state index in [9.17, 15) is 0 Å². The van der Waals surface area contributed by atoms with Crippen molar-refractivity contribution in [3.8, 4) is 11.5 Å². The predicted molar refractivity (Wildman–Crippen MR) is 84.0 cm³/mol. The maximum Gasteiger partial charge on any atom is 0.243 e. The van der Waals surface area contributed by atoms with Gasteiger partial charge in [0, 0.05) is 6.20 Å². The van der Waals surface area contributed by atoms with Gasteiger partial charge >= 0.3 is 0 Å². The average Bonchev–Trinajstić information content (AvgIpc) is 3.04. The van der Waals surface area contributed by atoms with Crippen LogP contribution in [-0.2, 0) is 6.42 Å². The molecular formula is C17H18N4O. The number of aromatic nitrogens is 3. The van der Waals surface area contributed by atoms with E-state index in [-0.39, 0.29) is 6.04 Å². The van der Waals surface area contributed by atoms with E-state index in [2.05, 4.69) is 27.3 Å². The van der Waals surface area contributed by atoms with Gasteiger partial charge in [-0.3, -0.25) is 4.98 Å². The van der Waals surface area contributed by atoms with Gasteiger partial charge in [0.2, 0.25) is 11.7 Å². The van der Waals surface area contributed by atoms with E-state index in [4.69, 9.17) is 10.3 Å². The normalized spacial score (nSPS) is 12.3. The molecule has 5 nitrogen and oxygen atoms in total. The third kappa shape index (κ3) is 3.20. The van der Waals surface area contributed by atoms with Gasteiger partial charge in [-0.2, -0.15) is 4.98 Å². The number of nitrogens with two attached hydrogens (primary N) is 1. The Labute approximate surface area is 129 Å². The lowest BCUT2D eigenvalue weighted by molar-refractivity contribution is 0.349. The number of pyridine rings is 1. The number of hydrogen-bond acceptors (Lipinski definition) is 5. The van der Waals surface area contributed by atoms with Crippen molar-refractivity contribution in [2.24, 2.45) is 5.73 Å². The summed E-state index contributed by atoms with van der Waals surface area (Å²) < 4.78 is 5.30. The van der Waals surface area contributed by atoms with Gasteiger partial charge in [-0.15, -0.1) is 0 Å². The first-order valence-corrected chi connectivity index (χ1v) is 7.29. The monoisotopic (exact) mass is 294 g/mol. The molecule has 3 aromatic rings. The molecule has 5 heteroatoms. The van der Waals surface area contributed by atoms with E-state index in [1.165, 1.54) is 5.56 Å². The molecule has 3 rings (SSSR count). The third-order valence-electron chi connectivity index (χ3n) is 3.57. The molecule has 0 radical (unpaired) electrons. The Hall–Kier alpha value is -2.53. The van der Waals surface area contributed by atoms with Gasteiger partial charge in [0.25, 0.3) is 0 Å². The fourth-order valence-electron chi connectivity index (χ4n) is 2.29. The summed E-state index contributed by atoms with van der Waals surface area (Å²) >= 11 is 0. The molecule has 0 saturated heterocycles. The summed E-state index contributed by atoms with van der Waals surface area (Å²) in [6.45, 7) is 1.97. The Morgan fingerprint density at radius 3 is 2.73 bits per heavy atom. The van der Waals surface area contributed by atoms with Crippen LogP contribution in [0.1, 0.15) is 29.5 Å². The fraction of sp³-hybridized carbons (Fsp3) is 0.235. The second kappa shape index (κ2) is 6.49. The molecule has 1 aromatic carbocycles. The summed E-state index contributed by atoms with van der Waals surface area (Å²) in [4.78, 5) is 8.68. The minimum atomic E-state index is -0.273. The molecule has 2 heterocycles. The van der Waals surface area contributed by atoms with Crippen LogP contribution in [-0.4, -0.2) is 15.1 Å². The molecule has 0 saturated carbocycles. The van der Waals surface area contributed by atoms with Crippen LogP contribution in [0, 0.1) is 6.92 Å². The second-order valence-corrected chi connectivity index (χ2v) is 5.26. The number of aryl methyl sites for hydroxylation is 2. The maximum absolute atomic E-state index is 6.16. The molecule has 1 atom stereocenters. The second-order valence-electron chi connectivity index (χ2n) is 5.26. The summed E-state index contributed by atoms with van der Waals surface area (Å²) in [5.74, 6) is 0.944. The lowest BCUT2D eigenvalue weighted by Crippen LogP contribution is -2.11. The van der Waals surface area contributed by atoms with E-state index in [0.29, 0.717) is 11.7 Å². The molecule has 22 heavy (non-hydrogen) atoms. The summed E-state index contributed by atoms with van der Waals surface area (Å²) in [5, 5.41) is 3.99. The van der Waals surface area contributed by atoms with Gasteiger partial charge in [0.05, 0.1) is 6.04 Å². The van der Waals surface area contributed by atoms with Crippen molar-refractivity contribution in [1.82, 2.24) is 15.1 Å². The Morgan fingerprint density at radius 1 is 1.14 bits per heavy atom. The zero-order valence-electron chi connectivity index (χ0n) is 12.4. The van der Waals surface area contributed by atoms with Gasteiger partial charge in [0.1, 0.15) is 5.69 Å². The minimum absolute atomic E-state index is 0.273. The van der Waals surface area contributed by atoms with Crippen molar-refractivity contribution in [2.75, 3.05) is 0 Å². The number of rotatable bonds is 5. The first-order valence-electron chi connectivity index (χ1n) is 7.29. The molecule has 112 valence electrons. The third-order valence-corrected chi connectivity index (χ3v) is 3.57. The molecule has 2 N–H and O–H groups in total. The zero-order valence-corrected chi connectivity index (χ0v) is 12.4. The Bertz CT molecular complexity index is 739. The summed E-state index contributed by atoms with van der Waals surface area (Å²) in [6.07, 6.45) is 3.35. The van der Waals surface area contributed by atoms with Crippen LogP contribution in [0.2, 0.25) is 0 Å². The largest absolute Gasteiger partial charge is 0.337 e. The lowest BCUT2D eigenvalue weighted by atomic mass is 10.1. The molecule has 0 aliphatic heterocycles. The highest BCUT2D eigenvalue weighted by Crippen LogP contribution is 2.21. The van der Waals surface area contributed by atoms with Gasteiger partial charge in [-0.25, -0.2) is 0 Å². The van der Waals surface area contributed by atoms with Gasteiger partial charge in [-0.1, -0.05) is 41.6 Å². The van der Waals surface area contributed by atoms with Gasteiger partial charge in [-0.05, 0) is 37.0 Å². The Balaban J connectivity index is 1.69.